The van der Waals surface area contributed by atoms with Gasteiger partial charge in [-0.3, -0.25) is 4.68 Å². The maximum Gasteiger partial charge on any atom is 0.109 e. The molecule has 2 unspecified atom stereocenters. The highest BCUT2D eigenvalue weighted by Gasteiger charge is 2.38. The fraction of sp³-hybridized carbons (Fsp3) is 0.769. The van der Waals surface area contributed by atoms with Gasteiger partial charge in [0, 0.05) is 19.6 Å². The van der Waals surface area contributed by atoms with Crippen molar-refractivity contribution in [2.24, 2.45) is 5.92 Å². The molecular formula is C13H22BrN3O2. The molecule has 1 fully saturated rings. The molecule has 1 aromatic heterocycles. The molecule has 1 saturated heterocycles. The Hall–Kier alpha value is -0.430. The Balaban J connectivity index is 2.24. The molecule has 2 atom stereocenters. The van der Waals surface area contributed by atoms with Crippen molar-refractivity contribution in [3.8, 4) is 0 Å². The first-order valence-corrected chi connectivity index (χ1v) is 7.50. The summed E-state index contributed by atoms with van der Waals surface area (Å²) in [6, 6.07) is 0. The highest BCUT2D eigenvalue weighted by Crippen LogP contribution is 2.37. The summed E-state index contributed by atoms with van der Waals surface area (Å²) in [5, 5.41) is 18.7. The van der Waals surface area contributed by atoms with Crippen LogP contribution in [0.1, 0.15) is 25.5 Å². The van der Waals surface area contributed by atoms with E-state index in [0.29, 0.717) is 13.2 Å². The van der Waals surface area contributed by atoms with E-state index in [-0.39, 0.29) is 5.92 Å². The van der Waals surface area contributed by atoms with Gasteiger partial charge in [0.2, 0.25) is 0 Å². The molecular weight excluding hydrogens is 310 g/mol. The molecule has 2 rings (SSSR count). The zero-order valence-corrected chi connectivity index (χ0v) is 13.1. The van der Waals surface area contributed by atoms with Crippen molar-refractivity contribution in [2.75, 3.05) is 26.8 Å². The molecule has 1 aromatic rings. The van der Waals surface area contributed by atoms with Crippen molar-refractivity contribution in [3.63, 3.8) is 0 Å². The van der Waals surface area contributed by atoms with Crippen molar-refractivity contribution in [3.05, 3.63) is 16.4 Å². The maximum atomic E-state index is 11.0. The van der Waals surface area contributed by atoms with Gasteiger partial charge >= 0.3 is 0 Å². The molecule has 2 heterocycles. The minimum absolute atomic E-state index is 0.204. The quantitative estimate of drug-likeness (QED) is 0.858. The molecule has 0 spiro atoms. The van der Waals surface area contributed by atoms with Crippen molar-refractivity contribution in [1.29, 1.82) is 0 Å². The molecule has 0 saturated carbocycles. The van der Waals surface area contributed by atoms with E-state index >= 15 is 0 Å². The van der Waals surface area contributed by atoms with Gasteiger partial charge in [0.15, 0.2) is 0 Å². The Morgan fingerprint density at radius 3 is 3.11 bits per heavy atom. The summed E-state index contributed by atoms with van der Waals surface area (Å²) in [4.78, 5) is 0. The number of nitrogens with one attached hydrogen (secondary N) is 1. The van der Waals surface area contributed by atoms with Crippen LogP contribution in [0.5, 0.6) is 0 Å². The van der Waals surface area contributed by atoms with Crippen molar-refractivity contribution < 1.29 is 9.84 Å². The van der Waals surface area contributed by atoms with E-state index in [0.717, 1.165) is 36.1 Å². The molecule has 0 aromatic carbocycles. The van der Waals surface area contributed by atoms with Crippen LogP contribution in [0.25, 0.3) is 0 Å². The molecule has 108 valence electrons. The van der Waals surface area contributed by atoms with E-state index in [1.165, 1.54) is 0 Å². The fourth-order valence-electron chi connectivity index (χ4n) is 2.74. The van der Waals surface area contributed by atoms with Crippen LogP contribution in [0.3, 0.4) is 0 Å². The van der Waals surface area contributed by atoms with Crippen LogP contribution in [0, 0.1) is 5.92 Å². The van der Waals surface area contributed by atoms with Crippen LogP contribution < -0.4 is 5.32 Å². The van der Waals surface area contributed by atoms with Gasteiger partial charge in [-0.1, -0.05) is 0 Å². The smallest absolute Gasteiger partial charge is 0.109 e. The van der Waals surface area contributed by atoms with Gasteiger partial charge in [0.25, 0.3) is 0 Å². The molecule has 2 N–H and O–H groups in total. The summed E-state index contributed by atoms with van der Waals surface area (Å²) in [5.41, 5.74) is -0.0468. The number of piperidine rings is 1. The van der Waals surface area contributed by atoms with E-state index < -0.39 is 5.60 Å². The van der Waals surface area contributed by atoms with Gasteiger partial charge in [-0.2, -0.15) is 5.10 Å². The van der Waals surface area contributed by atoms with Gasteiger partial charge in [0.05, 0.1) is 29.5 Å². The lowest BCUT2D eigenvalue weighted by atomic mass is 9.81. The number of halogens is 1. The minimum atomic E-state index is -0.892. The van der Waals surface area contributed by atoms with Crippen LogP contribution in [0.4, 0.5) is 0 Å². The second kappa shape index (κ2) is 6.35. The van der Waals surface area contributed by atoms with E-state index in [2.05, 4.69) is 26.3 Å². The number of hydrogen-bond donors (Lipinski definition) is 2. The number of hydrogen-bond acceptors (Lipinski definition) is 4. The Kier molecular flexibility index (Phi) is 5.00. The molecule has 6 heteroatoms. The molecule has 19 heavy (non-hydrogen) atoms. The SMILES string of the molecule is COCCn1ncc(Br)c1C(C)(O)C1CCCNC1. The van der Waals surface area contributed by atoms with E-state index in [1.807, 2.05) is 11.6 Å². The molecule has 1 aliphatic rings. The monoisotopic (exact) mass is 331 g/mol. The first-order chi connectivity index (χ1) is 9.07. The second-order valence-electron chi connectivity index (χ2n) is 5.25. The van der Waals surface area contributed by atoms with Crippen LogP contribution in [0.2, 0.25) is 0 Å². The summed E-state index contributed by atoms with van der Waals surface area (Å²) in [6.07, 6.45) is 3.88. The topological polar surface area (TPSA) is 59.3 Å². The van der Waals surface area contributed by atoms with Crippen molar-refractivity contribution in [1.82, 2.24) is 15.1 Å². The normalized spacial score (nSPS) is 23.3. The lowest BCUT2D eigenvalue weighted by Crippen LogP contribution is -2.43. The first-order valence-electron chi connectivity index (χ1n) is 6.71. The van der Waals surface area contributed by atoms with Gasteiger partial charge < -0.3 is 15.2 Å². The third-order valence-corrected chi connectivity index (χ3v) is 4.45. The average Bonchev–Trinajstić information content (AvgIpc) is 2.79. The molecule has 0 radical (unpaired) electrons. The van der Waals surface area contributed by atoms with Crippen LogP contribution in [0.15, 0.2) is 10.7 Å². The van der Waals surface area contributed by atoms with Crippen LogP contribution in [-0.2, 0) is 16.9 Å². The Morgan fingerprint density at radius 1 is 1.68 bits per heavy atom. The summed E-state index contributed by atoms with van der Waals surface area (Å²) in [5.74, 6) is 0.204. The predicted molar refractivity (Wildman–Crippen MR) is 77.0 cm³/mol. The number of methoxy groups -OCH3 is 1. The van der Waals surface area contributed by atoms with Gasteiger partial charge in [0.1, 0.15) is 5.60 Å². The number of ether oxygens (including phenoxy) is 1. The van der Waals surface area contributed by atoms with Crippen LogP contribution >= 0.6 is 15.9 Å². The summed E-state index contributed by atoms with van der Waals surface area (Å²) >= 11 is 3.51. The van der Waals surface area contributed by atoms with E-state index in [1.54, 1.807) is 13.3 Å². The van der Waals surface area contributed by atoms with E-state index in [4.69, 9.17) is 4.74 Å². The molecule has 1 aliphatic heterocycles. The van der Waals surface area contributed by atoms with E-state index in [9.17, 15) is 5.11 Å². The Bertz CT molecular complexity index is 414. The first kappa shape index (κ1) is 15.0. The molecule has 0 amide bonds. The molecule has 0 bridgehead atoms. The molecule has 5 nitrogen and oxygen atoms in total. The lowest BCUT2D eigenvalue weighted by molar-refractivity contribution is -0.0246. The number of nitrogens with zero attached hydrogens (tertiary/aromatic N) is 2. The zero-order valence-electron chi connectivity index (χ0n) is 11.5. The third kappa shape index (κ3) is 3.18. The summed E-state index contributed by atoms with van der Waals surface area (Å²) in [7, 11) is 1.67. The highest BCUT2D eigenvalue weighted by molar-refractivity contribution is 9.10. The van der Waals surface area contributed by atoms with Gasteiger partial charge in [-0.15, -0.1) is 0 Å². The third-order valence-electron chi connectivity index (χ3n) is 3.87. The molecule has 0 aliphatic carbocycles. The van der Waals surface area contributed by atoms with Crippen molar-refractivity contribution in [2.45, 2.75) is 31.9 Å². The fourth-order valence-corrected chi connectivity index (χ4v) is 3.44. The standard InChI is InChI=1S/C13H22BrN3O2/c1-13(18,10-4-3-5-15-8-10)12-11(14)9-16-17(12)6-7-19-2/h9-10,15,18H,3-8H2,1-2H3. The Morgan fingerprint density at radius 2 is 2.47 bits per heavy atom. The number of aromatic nitrogens is 2. The zero-order chi connectivity index (χ0) is 13.9. The van der Waals surface area contributed by atoms with Gasteiger partial charge in [-0.25, -0.2) is 0 Å². The van der Waals surface area contributed by atoms with Gasteiger partial charge in [-0.05, 0) is 42.2 Å². The van der Waals surface area contributed by atoms with Crippen LogP contribution in [-0.4, -0.2) is 41.7 Å². The summed E-state index contributed by atoms with van der Waals surface area (Å²) in [6.45, 7) is 5.00. The second-order valence-corrected chi connectivity index (χ2v) is 6.10. The highest BCUT2D eigenvalue weighted by atomic mass is 79.9. The Labute approximate surface area is 122 Å². The van der Waals surface area contributed by atoms with Crippen molar-refractivity contribution >= 4 is 15.9 Å². The minimum Gasteiger partial charge on any atom is -0.383 e. The summed E-state index contributed by atoms with van der Waals surface area (Å²) < 4.78 is 7.79. The number of rotatable bonds is 5. The maximum absolute atomic E-state index is 11.0. The average molecular weight is 332 g/mol. The number of aliphatic hydroxyl groups is 1. The predicted octanol–water partition coefficient (Wildman–Crippen LogP) is 1.50. The lowest BCUT2D eigenvalue weighted by Gasteiger charge is -2.36. The largest absolute Gasteiger partial charge is 0.383 e.